The van der Waals surface area contributed by atoms with Crippen molar-refractivity contribution >= 4 is 18.0 Å². The van der Waals surface area contributed by atoms with Crippen LogP contribution >= 0.6 is 0 Å². The minimum absolute atomic E-state index is 0.0204. The number of aliphatic hydroxyl groups excluding tert-OH is 1. The molecule has 172 valence electrons. The highest BCUT2D eigenvalue weighted by atomic mass is 16.5. The summed E-state index contributed by atoms with van der Waals surface area (Å²) >= 11 is 0. The van der Waals surface area contributed by atoms with Crippen LogP contribution in [-0.2, 0) is 14.3 Å². The molecule has 2 aromatic rings. The lowest BCUT2D eigenvalue weighted by atomic mass is 9.98. The molecule has 2 amide bonds. The Balaban J connectivity index is 1.12. The molecule has 5 rings (SSSR count). The van der Waals surface area contributed by atoms with Crippen molar-refractivity contribution in [1.82, 2.24) is 10.2 Å². The number of nitrogens with zero attached hydrogens (tertiary/aromatic N) is 1. The van der Waals surface area contributed by atoms with E-state index in [2.05, 4.69) is 29.6 Å². The van der Waals surface area contributed by atoms with Gasteiger partial charge in [-0.1, -0.05) is 48.5 Å². The van der Waals surface area contributed by atoms with Crippen molar-refractivity contribution < 1.29 is 29.3 Å². The molecule has 2 fully saturated rings. The number of aliphatic carboxylic acids is 1. The smallest absolute Gasteiger partial charge is 0.407 e. The third-order valence-electron chi connectivity index (χ3n) is 6.94. The van der Waals surface area contributed by atoms with Gasteiger partial charge in [0.05, 0.1) is 6.10 Å². The molecule has 3 N–H and O–H groups in total. The number of alkyl carbamates (subject to hydrolysis) is 1. The first kappa shape index (κ1) is 21.5. The zero-order chi connectivity index (χ0) is 23.1. The van der Waals surface area contributed by atoms with Crippen LogP contribution in [0.5, 0.6) is 0 Å². The van der Waals surface area contributed by atoms with Gasteiger partial charge in [0.1, 0.15) is 12.6 Å². The minimum atomic E-state index is -1.10. The molecule has 33 heavy (non-hydrogen) atoms. The van der Waals surface area contributed by atoms with Crippen LogP contribution in [0.4, 0.5) is 4.79 Å². The zero-order valence-electron chi connectivity index (χ0n) is 18.0. The molecule has 2 aliphatic carbocycles. The van der Waals surface area contributed by atoms with Crippen LogP contribution in [0.25, 0.3) is 11.1 Å². The molecule has 0 aromatic heterocycles. The van der Waals surface area contributed by atoms with Gasteiger partial charge in [-0.2, -0.15) is 0 Å². The van der Waals surface area contributed by atoms with Gasteiger partial charge < -0.3 is 25.2 Å². The molecule has 3 aliphatic rings. The number of carbonyl (C=O) groups is 3. The van der Waals surface area contributed by atoms with Crippen LogP contribution in [0.3, 0.4) is 0 Å². The van der Waals surface area contributed by atoms with Gasteiger partial charge in [0.25, 0.3) is 0 Å². The van der Waals surface area contributed by atoms with E-state index < -0.39 is 24.2 Å². The van der Waals surface area contributed by atoms with E-state index in [-0.39, 0.29) is 43.2 Å². The number of rotatable bonds is 6. The van der Waals surface area contributed by atoms with E-state index >= 15 is 0 Å². The molecule has 1 saturated carbocycles. The maximum Gasteiger partial charge on any atom is 0.407 e. The third kappa shape index (κ3) is 4.06. The second-order valence-electron chi connectivity index (χ2n) is 9.04. The lowest BCUT2D eigenvalue weighted by Crippen LogP contribution is -2.42. The summed E-state index contributed by atoms with van der Waals surface area (Å²) in [7, 11) is 0. The van der Waals surface area contributed by atoms with Gasteiger partial charge in [-0.05, 0) is 34.6 Å². The predicted molar refractivity (Wildman–Crippen MR) is 118 cm³/mol. The second-order valence-corrected chi connectivity index (χ2v) is 9.04. The lowest BCUT2D eigenvalue weighted by Gasteiger charge is -2.21. The van der Waals surface area contributed by atoms with Crippen molar-refractivity contribution in [3.8, 4) is 11.1 Å². The van der Waals surface area contributed by atoms with Crippen LogP contribution < -0.4 is 5.32 Å². The fraction of sp³-hybridized carbons (Fsp3) is 0.400. The molecule has 8 heteroatoms. The number of aliphatic hydroxyl groups is 1. The number of carboxylic acid groups (broad SMARTS) is 1. The number of nitrogens with one attached hydrogen (secondary N) is 1. The number of carbonyl (C=O) groups excluding carboxylic acids is 2. The van der Waals surface area contributed by atoms with Crippen LogP contribution in [0.2, 0.25) is 0 Å². The summed E-state index contributed by atoms with van der Waals surface area (Å²) in [5, 5.41) is 21.8. The number of β-amino-alcohol motifs (C(OH)–C–C–N with tert-alkyl or cyclic N) is 1. The Hall–Kier alpha value is -3.39. The number of amides is 2. The predicted octanol–water partition coefficient (Wildman–Crippen LogP) is 2.21. The molecule has 1 heterocycles. The molecule has 8 nitrogen and oxygen atoms in total. The first-order valence-corrected chi connectivity index (χ1v) is 11.2. The number of hydrogen-bond donors (Lipinski definition) is 3. The Bertz CT molecular complexity index is 1060. The van der Waals surface area contributed by atoms with Gasteiger partial charge in [0, 0.05) is 31.3 Å². The maximum atomic E-state index is 12.7. The van der Waals surface area contributed by atoms with E-state index in [0.29, 0.717) is 13.0 Å². The molecule has 0 radical (unpaired) electrons. The van der Waals surface area contributed by atoms with Gasteiger partial charge in [0.15, 0.2) is 0 Å². The number of likely N-dealkylation sites (tertiary alicyclic amines) is 1. The first-order valence-electron chi connectivity index (χ1n) is 11.2. The van der Waals surface area contributed by atoms with Gasteiger partial charge in [0.2, 0.25) is 5.91 Å². The summed E-state index contributed by atoms with van der Waals surface area (Å²) in [6.45, 7) is 0.554. The maximum absolute atomic E-state index is 12.7. The molecule has 4 atom stereocenters. The summed E-state index contributed by atoms with van der Waals surface area (Å²) in [5.41, 5.74) is 4.60. The van der Waals surface area contributed by atoms with Crippen molar-refractivity contribution in [3.63, 3.8) is 0 Å². The van der Waals surface area contributed by atoms with E-state index in [1.165, 1.54) is 4.90 Å². The molecule has 4 unspecified atom stereocenters. The highest BCUT2D eigenvalue weighted by Gasteiger charge is 2.49. The fourth-order valence-electron chi connectivity index (χ4n) is 5.14. The average molecular weight is 450 g/mol. The van der Waals surface area contributed by atoms with Crippen molar-refractivity contribution in [1.29, 1.82) is 0 Å². The first-order chi connectivity index (χ1) is 15.9. The lowest BCUT2D eigenvalue weighted by molar-refractivity contribution is -0.148. The fourth-order valence-corrected chi connectivity index (χ4v) is 5.14. The minimum Gasteiger partial charge on any atom is -0.480 e. The topological polar surface area (TPSA) is 116 Å². The van der Waals surface area contributed by atoms with Gasteiger partial charge >= 0.3 is 12.1 Å². The van der Waals surface area contributed by atoms with Crippen LogP contribution in [0, 0.1) is 11.8 Å². The van der Waals surface area contributed by atoms with Gasteiger partial charge in [-0.25, -0.2) is 9.59 Å². The Kier molecular flexibility index (Phi) is 5.54. The normalized spacial score (nSPS) is 25.3. The quantitative estimate of drug-likeness (QED) is 0.621. The Morgan fingerprint density at radius 3 is 2.27 bits per heavy atom. The summed E-state index contributed by atoms with van der Waals surface area (Å²) < 4.78 is 5.52. The van der Waals surface area contributed by atoms with Crippen molar-refractivity contribution in [2.45, 2.75) is 30.9 Å². The summed E-state index contributed by atoms with van der Waals surface area (Å²) in [5.74, 6) is -1.77. The Labute approximate surface area is 191 Å². The molecule has 0 spiro atoms. The monoisotopic (exact) mass is 450 g/mol. The number of benzene rings is 2. The van der Waals surface area contributed by atoms with E-state index in [1.807, 2.05) is 24.3 Å². The molecule has 1 aliphatic heterocycles. The third-order valence-corrected chi connectivity index (χ3v) is 6.94. The molecule has 1 saturated heterocycles. The summed E-state index contributed by atoms with van der Waals surface area (Å²) in [6.07, 6.45) is -0.709. The molecule has 0 bridgehead atoms. The molecular formula is C25H26N2O6. The van der Waals surface area contributed by atoms with Gasteiger partial charge in [-0.3, -0.25) is 4.79 Å². The zero-order valence-corrected chi connectivity index (χ0v) is 18.0. The Morgan fingerprint density at radius 1 is 1.00 bits per heavy atom. The highest BCUT2D eigenvalue weighted by molar-refractivity contribution is 5.87. The summed E-state index contributed by atoms with van der Waals surface area (Å²) in [6, 6.07) is 15.2. The highest BCUT2D eigenvalue weighted by Crippen LogP contribution is 2.44. The second kappa shape index (κ2) is 8.51. The van der Waals surface area contributed by atoms with Crippen molar-refractivity contribution in [3.05, 3.63) is 59.7 Å². The number of hydrogen-bond acceptors (Lipinski definition) is 5. The SMILES string of the molecule is O=C(NCC1CC1C(=O)N1CC(O)CC1C(=O)O)OCC1c2ccccc2-c2ccccc21. The van der Waals surface area contributed by atoms with Crippen LogP contribution in [0.15, 0.2) is 48.5 Å². The van der Waals surface area contributed by atoms with E-state index in [9.17, 15) is 24.6 Å². The number of fused-ring (bicyclic) bond motifs is 3. The van der Waals surface area contributed by atoms with Gasteiger partial charge in [-0.15, -0.1) is 0 Å². The van der Waals surface area contributed by atoms with Crippen LogP contribution in [0.1, 0.15) is 29.9 Å². The molecule has 2 aromatic carbocycles. The van der Waals surface area contributed by atoms with E-state index in [1.54, 1.807) is 0 Å². The van der Waals surface area contributed by atoms with E-state index in [4.69, 9.17) is 4.74 Å². The Morgan fingerprint density at radius 2 is 1.64 bits per heavy atom. The molecular weight excluding hydrogens is 424 g/mol. The average Bonchev–Trinajstić information content (AvgIpc) is 3.38. The number of ether oxygens (including phenoxy) is 1. The number of carboxylic acids is 1. The summed E-state index contributed by atoms with van der Waals surface area (Å²) in [4.78, 5) is 37.6. The van der Waals surface area contributed by atoms with Crippen LogP contribution in [-0.4, -0.2) is 64.9 Å². The standard InChI is InChI=1S/C25H26N2O6/c28-15-10-22(24(30)31)27(12-15)23(29)20-9-14(20)11-26-25(32)33-13-21-18-7-3-1-5-16(18)17-6-2-4-8-19(17)21/h1-8,14-15,20-22,28H,9-13H2,(H,26,32)(H,30,31). The van der Waals surface area contributed by atoms with Crippen molar-refractivity contribution in [2.24, 2.45) is 11.8 Å². The van der Waals surface area contributed by atoms with Crippen molar-refractivity contribution in [2.75, 3.05) is 19.7 Å². The van der Waals surface area contributed by atoms with E-state index in [0.717, 1.165) is 22.3 Å². The largest absolute Gasteiger partial charge is 0.480 e.